The van der Waals surface area contributed by atoms with Gasteiger partial charge in [0.1, 0.15) is 0 Å². The van der Waals surface area contributed by atoms with E-state index in [0.717, 1.165) is 5.56 Å². The second-order valence-electron chi connectivity index (χ2n) is 4.51. The Balaban J connectivity index is 2.48. The van der Waals surface area contributed by atoms with E-state index < -0.39 is 10.0 Å². The quantitative estimate of drug-likeness (QED) is 0.890. The van der Waals surface area contributed by atoms with E-state index in [9.17, 15) is 8.42 Å². The minimum absolute atomic E-state index is 0.154. The number of nitrogens with two attached hydrogens (primary N) is 1. The first-order valence-electron chi connectivity index (χ1n) is 6.11. The average molecular weight is 345 g/mol. The second-order valence-corrected chi connectivity index (χ2v) is 6.97. The number of para-hydroxylation sites is 1. The van der Waals surface area contributed by atoms with Gasteiger partial charge >= 0.3 is 0 Å². The van der Waals surface area contributed by atoms with Gasteiger partial charge in [-0.25, -0.2) is 8.42 Å². The summed E-state index contributed by atoms with van der Waals surface area (Å²) >= 11 is 12.0. The summed E-state index contributed by atoms with van der Waals surface area (Å²) in [5.74, 6) is 0. The van der Waals surface area contributed by atoms with Crippen LogP contribution in [0.4, 0.5) is 5.69 Å². The summed E-state index contributed by atoms with van der Waals surface area (Å²) in [4.78, 5) is 0.154. The maximum atomic E-state index is 12.5. The SMILES string of the molecule is Cc1ccc(CN)cc1S(=O)(=O)Nc1c(Cl)cccc1Cl. The van der Waals surface area contributed by atoms with E-state index in [4.69, 9.17) is 28.9 Å². The maximum absolute atomic E-state index is 12.5. The Morgan fingerprint density at radius 3 is 2.33 bits per heavy atom. The third-order valence-corrected chi connectivity index (χ3v) is 5.10. The van der Waals surface area contributed by atoms with Gasteiger partial charge in [0, 0.05) is 6.54 Å². The molecule has 2 aromatic rings. The highest BCUT2D eigenvalue weighted by Crippen LogP contribution is 2.32. The first-order chi connectivity index (χ1) is 9.85. The first-order valence-corrected chi connectivity index (χ1v) is 8.35. The van der Waals surface area contributed by atoms with Gasteiger partial charge in [0.15, 0.2) is 0 Å². The van der Waals surface area contributed by atoms with Crippen molar-refractivity contribution in [3.8, 4) is 0 Å². The summed E-state index contributed by atoms with van der Waals surface area (Å²) in [5.41, 5.74) is 7.06. The van der Waals surface area contributed by atoms with Crippen LogP contribution in [0.15, 0.2) is 41.3 Å². The van der Waals surface area contributed by atoms with Gasteiger partial charge in [0.05, 0.1) is 20.6 Å². The Labute approximate surface area is 133 Å². The molecule has 0 aromatic heterocycles. The highest BCUT2D eigenvalue weighted by atomic mass is 35.5. The van der Waals surface area contributed by atoms with Crippen LogP contribution in [-0.4, -0.2) is 8.42 Å². The number of rotatable bonds is 4. The molecule has 0 aliphatic heterocycles. The Bertz CT molecular complexity index is 756. The molecule has 0 saturated heterocycles. The fourth-order valence-electron chi connectivity index (χ4n) is 1.85. The van der Waals surface area contributed by atoms with E-state index >= 15 is 0 Å². The monoisotopic (exact) mass is 344 g/mol. The molecule has 0 radical (unpaired) electrons. The molecule has 4 nitrogen and oxygen atoms in total. The summed E-state index contributed by atoms with van der Waals surface area (Å²) in [5, 5.41) is 0.470. The van der Waals surface area contributed by atoms with E-state index in [2.05, 4.69) is 4.72 Å². The number of hydrogen-bond acceptors (Lipinski definition) is 3. The molecule has 0 fully saturated rings. The molecule has 7 heteroatoms. The standard InChI is InChI=1S/C14H14Cl2N2O2S/c1-9-5-6-10(8-17)7-13(9)21(19,20)18-14-11(15)3-2-4-12(14)16/h2-7,18H,8,17H2,1H3. The van der Waals surface area contributed by atoms with Gasteiger partial charge < -0.3 is 5.73 Å². The Kier molecular flexibility index (Phi) is 4.78. The minimum atomic E-state index is -3.80. The van der Waals surface area contributed by atoms with Crippen molar-refractivity contribution < 1.29 is 8.42 Å². The molecule has 0 aliphatic carbocycles. The van der Waals surface area contributed by atoms with Gasteiger partial charge in [-0.2, -0.15) is 0 Å². The van der Waals surface area contributed by atoms with Crippen molar-refractivity contribution in [3.05, 3.63) is 57.6 Å². The van der Waals surface area contributed by atoms with E-state index in [1.165, 1.54) is 0 Å². The van der Waals surface area contributed by atoms with Crippen LogP contribution in [-0.2, 0) is 16.6 Å². The first kappa shape index (κ1) is 16.1. The summed E-state index contributed by atoms with van der Waals surface area (Å²) < 4.78 is 27.5. The number of anilines is 1. The van der Waals surface area contributed by atoms with Crippen molar-refractivity contribution in [2.75, 3.05) is 4.72 Å². The number of sulfonamides is 1. The fraction of sp³-hybridized carbons (Fsp3) is 0.143. The molecule has 0 amide bonds. The topological polar surface area (TPSA) is 72.2 Å². The Morgan fingerprint density at radius 1 is 1.14 bits per heavy atom. The van der Waals surface area contributed by atoms with Gasteiger partial charge in [-0.1, -0.05) is 41.4 Å². The third kappa shape index (κ3) is 3.49. The molecule has 0 heterocycles. The smallest absolute Gasteiger partial charge is 0.262 e. The van der Waals surface area contributed by atoms with Crippen LogP contribution < -0.4 is 10.5 Å². The van der Waals surface area contributed by atoms with Crippen molar-refractivity contribution in [2.24, 2.45) is 5.73 Å². The lowest BCUT2D eigenvalue weighted by Crippen LogP contribution is -2.15. The summed E-state index contributed by atoms with van der Waals surface area (Å²) in [6.07, 6.45) is 0. The van der Waals surface area contributed by atoms with E-state index in [1.54, 1.807) is 43.3 Å². The van der Waals surface area contributed by atoms with Gasteiger partial charge in [-0.3, -0.25) is 4.72 Å². The largest absolute Gasteiger partial charge is 0.326 e. The minimum Gasteiger partial charge on any atom is -0.326 e. The summed E-state index contributed by atoms with van der Waals surface area (Å²) in [6.45, 7) is 1.97. The number of aryl methyl sites for hydroxylation is 1. The predicted octanol–water partition coefficient (Wildman–Crippen LogP) is 3.56. The zero-order chi connectivity index (χ0) is 15.6. The third-order valence-electron chi connectivity index (χ3n) is 2.98. The zero-order valence-corrected chi connectivity index (χ0v) is 13.6. The highest BCUT2D eigenvalue weighted by molar-refractivity contribution is 7.92. The lowest BCUT2D eigenvalue weighted by molar-refractivity contribution is 0.600. The highest BCUT2D eigenvalue weighted by Gasteiger charge is 2.20. The van der Waals surface area contributed by atoms with Crippen molar-refractivity contribution in [2.45, 2.75) is 18.4 Å². The predicted molar refractivity (Wildman–Crippen MR) is 86.3 cm³/mol. The van der Waals surface area contributed by atoms with Crippen molar-refractivity contribution >= 4 is 38.9 Å². The van der Waals surface area contributed by atoms with Crippen molar-refractivity contribution in [3.63, 3.8) is 0 Å². The van der Waals surface area contributed by atoms with Crippen molar-refractivity contribution in [1.29, 1.82) is 0 Å². The molecule has 0 unspecified atom stereocenters. The molecule has 112 valence electrons. The molecular formula is C14H14Cl2N2O2S. The van der Waals surface area contributed by atoms with Gasteiger partial charge in [0.25, 0.3) is 10.0 Å². The van der Waals surface area contributed by atoms with Crippen LogP contribution in [0.1, 0.15) is 11.1 Å². The van der Waals surface area contributed by atoms with Crippen LogP contribution in [0.5, 0.6) is 0 Å². The molecule has 2 aromatic carbocycles. The lowest BCUT2D eigenvalue weighted by atomic mass is 10.1. The Hall–Kier alpha value is -1.27. The molecule has 0 spiro atoms. The fourth-order valence-corrected chi connectivity index (χ4v) is 3.85. The molecule has 21 heavy (non-hydrogen) atoms. The molecule has 0 atom stereocenters. The number of halogens is 2. The molecule has 0 bridgehead atoms. The van der Waals surface area contributed by atoms with Crippen molar-refractivity contribution in [1.82, 2.24) is 0 Å². The average Bonchev–Trinajstić information content (AvgIpc) is 2.43. The molecule has 0 saturated carbocycles. The van der Waals surface area contributed by atoms with Crippen LogP contribution >= 0.6 is 23.2 Å². The van der Waals surface area contributed by atoms with Crippen LogP contribution in [0.3, 0.4) is 0 Å². The lowest BCUT2D eigenvalue weighted by Gasteiger charge is -2.13. The number of benzene rings is 2. The van der Waals surface area contributed by atoms with Gasteiger partial charge in [-0.05, 0) is 36.2 Å². The zero-order valence-electron chi connectivity index (χ0n) is 11.2. The van der Waals surface area contributed by atoms with Crippen LogP contribution in [0.2, 0.25) is 10.0 Å². The normalized spacial score (nSPS) is 11.4. The number of nitrogens with one attached hydrogen (secondary N) is 1. The van der Waals surface area contributed by atoms with Crippen LogP contribution in [0, 0.1) is 6.92 Å². The van der Waals surface area contributed by atoms with Gasteiger partial charge in [-0.15, -0.1) is 0 Å². The molecule has 3 N–H and O–H groups in total. The molecule has 0 aliphatic rings. The maximum Gasteiger partial charge on any atom is 0.262 e. The number of hydrogen-bond donors (Lipinski definition) is 2. The second kappa shape index (κ2) is 6.23. The van der Waals surface area contributed by atoms with E-state index in [0.29, 0.717) is 5.56 Å². The molecular weight excluding hydrogens is 331 g/mol. The summed E-state index contributed by atoms with van der Waals surface area (Å²) in [6, 6.07) is 9.82. The van der Waals surface area contributed by atoms with E-state index in [1.807, 2.05) is 0 Å². The van der Waals surface area contributed by atoms with E-state index in [-0.39, 0.29) is 27.2 Å². The van der Waals surface area contributed by atoms with Gasteiger partial charge in [0.2, 0.25) is 0 Å². The molecule has 2 rings (SSSR count). The van der Waals surface area contributed by atoms with Crippen LogP contribution in [0.25, 0.3) is 0 Å². The Morgan fingerprint density at radius 2 is 1.76 bits per heavy atom. The summed E-state index contributed by atoms with van der Waals surface area (Å²) in [7, 11) is -3.80.